The molecule has 0 fully saturated rings. The van der Waals surface area contributed by atoms with Crippen LogP contribution in [0.4, 0.5) is 5.69 Å². The number of nitrogens with one attached hydrogen (secondary N) is 1. The van der Waals surface area contributed by atoms with Crippen molar-refractivity contribution in [2.45, 2.75) is 6.92 Å². The smallest absolute Gasteiger partial charge is 0.260 e. The Balaban J connectivity index is 2.05. The van der Waals surface area contributed by atoms with Crippen LogP contribution >= 0.6 is 0 Å². The molecule has 1 amide bonds. The highest BCUT2D eigenvalue weighted by molar-refractivity contribution is 7.92. The number of aryl methyl sites for hydroxylation is 1. The van der Waals surface area contributed by atoms with Crippen molar-refractivity contribution in [3.05, 3.63) is 59.7 Å². The van der Waals surface area contributed by atoms with Crippen molar-refractivity contribution < 1.29 is 17.9 Å². The third kappa shape index (κ3) is 5.59. The van der Waals surface area contributed by atoms with E-state index in [2.05, 4.69) is 10.5 Å². The van der Waals surface area contributed by atoms with Gasteiger partial charge in [0.1, 0.15) is 12.3 Å². The molecule has 2 aromatic carbocycles. The molecule has 138 valence electrons. The number of benzene rings is 2. The Morgan fingerprint density at radius 1 is 1.15 bits per heavy atom. The molecule has 0 radical (unpaired) electrons. The van der Waals surface area contributed by atoms with E-state index in [1.54, 1.807) is 24.3 Å². The molecule has 0 spiro atoms. The Kier molecular flexibility index (Phi) is 6.35. The van der Waals surface area contributed by atoms with Crippen LogP contribution in [0, 0.1) is 6.92 Å². The lowest BCUT2D eigenvalue weighted by molar-refractivity contribution is -0.119. The Morgan fingerprint density at radius 3 is 2.31 bits per heavy atom. The lowest BCUT2D eigenvalue weighted by atomic mass is 10.2. The molecule has 2 rings (SSSR count). The first kappa shape index (κ1) is 19.5. The van der Waals surface area contributed by atoms with E-state index in [1.165, 1.54) is 13.3 Å². The minimum atomic E-state index is -3.63. The predicted molar refractivity (Wildman–Crippen MR) is 102 cm³/mol. The third-order valence-corrected chi connectivity index (χ3v) is 4.67. The van der Waals surface area contributed by atoms with Gasteiger partial charge in [-0.25, -0.2) is 13.8 Å². The summed E-state index contributed by atoms with van der Waals surface area (Å²) in [5.74, 6) is 0.0453. The third-order valence-electron chi connectivity index (χ3n) is 3.53. The van der Waals surface area contributed by atoms with Crippen LogP contribution in [-0.4, -0.2) is 40.4 Å². The molecule has 0 heterocycles. The molecule has 0 aromatic heterocycles. The number of nitrogens with zero attached hydrogens (tertiary/aromatic N) is 2. The Bertz CT molecular complexity index is 876. The molecule has 26 heavy (non-hydrogen) atoms. The lowest BCUT2D eigenvalue weighted by Crippen LogP contribution is -2.39. The van der Waals surface area contributed by atoms with Gasteiger partial charge in [-0.3, -0.25) is 9.10 Å². The maximum absolute atomic E-state index is 12.1. The second kappa shape index (κ2) is 8.48. The Labute approximate surface area is 153 Å². The zero-order chi connectivity index (χ0) is 19.2. The van der Waals surface area contributed by atoms with Gasteiger partial charge in [-0.15, -0.1) is 0 Å². The summed E-state index contributed by atoms with van der Waals surface area (Å²) in [7, 11) is -2.12. The van der Waals surface area contributed by atoms with E-state index in [9.17, 15) is 13.2 Å². The van der Waals surface area contributed by atoms with Crippen LogP contribution in [0.2, 0.25) is 0 Å². The highest BCUT2D eigenvalue weighted by Gasteiger charge is 2.20. The van der Waals surface area contributed by atoms with Crippen LogP contribution in [-0.2, 0) is 14.8 Å². The van der Waals surface area contributed by atoms with E-state index in [1.807, 2.05) is 31.2 Å². The van der Waals surface area contributed by atoms with Gasteiger partial charge >= 0.3 is 0 Å². The normalized spacial score (nSPS) is 11.3. The van der Waals surface area contributed by atoms with Crippen LogP contribution in [0.3, 0.4) is 0 Å². The number of anilines is 1. The van der Waals surface area contributed by atoms with Crippen molar-refractivity contribution in [2.75, 3.05) is 24.2 Å². The van der Waals surface area contributed by atoms with Gasteiger partial charge < -0.3 is 4.74 Å². The van der Waals surface area contributed by atoms with Gasteiger partial charge in [-0.05, 0) is 36.8 Å². The van der Waals surface area contributed by atoms with Gasteiger partial charge in [-0.2, -0.15) is 5.10 Å². The monoisotopic (exact) mass is 375 g/mol. The average molecular weight is 375 g/mol. The molecule has 0 aliphatic carbocycles. The number of sulfonamides is 1. The van der Waals surface area contributed by atoms with Gasteiger partial charge in [-0.1, -0.05) is 29.8 Å². The second-order valence-corrected chi connectivity index (χ2v) is 7.58. The number of amides is 1. The van der Waals surface area contributed by atoms with Crippen molar-refractivity contribution in [1.29, 1.82) is 0 Å². The molecule has 0 saturated carbocycles. The van der Waals surface area contributed by atoms with Crippen LogP contribution in [0.1, 0.15) is 11.1 Å². The minimum absolute atomic E-state index is 0.367. The Morgan fingerprint density at radius 2 is 1.77 bits per heavy atom. The highest BCUT2D eigenvalue weighted by atomic mass is 32.2. The quantitative estimate of drug-likeness (QED) is 0.592. The summed E-state index contributed by atoms with van der Waals surface area (Å²) in [4.78, 5) is 12.1. The number of rotatable bonds is 7. The predicted octanol–water partition coefficient (Wildman–Crippen LogP) is 1.92. The number of carbonyl (C=O) groups is 1. The van der Waals surface area contributed by atoms with Gasteiger partial charge in [0.15, 0.2) is 0 Å². The zero-order valence-corrected chi connectivity index (χ0v) is 15.7. The van der Waals surface area contributed by atoms with Gasteiger partial charge in [0.05, 0.1) is 25.3 Å². The lowest BCUT2D eigenvalue weighted by Gasteiger charge is -2.21. The number of hydrogen-bond donors (Lipinski definition) is 1. The summed E-state index contributed by atoms with van der Waals surface area (Å²) >= 11 is 0. The topological polar surface area (TPSA) is 88.1 Å². The molecule has 7 nitrogen and oxygen atoms in total. The second-order valence-electron chi connectivity index (χ2n) is 5.67. The summed E-state index contributed by atoms with van der Waals surface area (Å²) in [6.07, 6.45) is 2.54. The van der Waals surface area contributed by atoms with Crippen molar-refractivity contribution in [2.24, 2.45) is 5.10 Å². The molecule has 2 aromatic rings. The maximum atomic E-state index is 12.1. The molecule has 0 aliphatic heterocycles. The number of ether oxygens (including phenoxy) is 1. The van der Waals surface area contributed by atoms with E-state index < -0.39 is 15.9 Å². The molecule has 0 unspecified atom stereocenters. The summed E-state index contributed by atoms with van der Waals surface area (Å²) in [5, 5.41) is 3.86. The molecular weight excluding hydrogens is 354 g/mol. The molecule has 0 atom stereocenters. The summed E-state index contributed by atoms with van der Waals surface area (Å²) in [6, 6.07) is 14.0. The van der Waals surface area contributed by atoms with E-state index in [0.29, 0.717) is 11.4 Å². The number of carbonyl (C=O) groups excluding carboxylic acids is 1. The molecule has 0 saturated heterocycles. The zero-order valence-electron chi connectivity index (χ0n) is 14.8. The summed E-state index contributed by atoms with van der Waals surface area (Å²) < 4.78 is 30.1. The first-order valence-electron chi connectivity index (χ1n) is 7.80. The fourth-order valence-electron chi connectivity index (χ4n) is 2.15. The van der Waals surface area contributed by atoms with Crippen LogP contribution < -0.4 is 14.5 Å². The summed E-state index contributed by atoms with van der Waals surface area (Å²) in [6.45, 7) is 1.60. The van der Waals surface area contributed by atoms with E-state index >= 15 is 0 Å². The van der Waals surface area contributed by atoms with E-state index in [-0.39, 0.29) is 6.54 Å². The summed E-state index contributed by atoms with van der Waals surface area (Å²) in [5.41, 5.74) is 4.65. The maximum Gasteiger partial charge on any atom is 0.260 e. The van der Waals surface area contributed by atoms with E-state index in [0.717, 1.165) is 21.7 Å². The highest BCUT2D eigenvalue weighted by Crippen LogP contribution is 2.21. The number of methoxy groups -OCH3 is 1. The van der Waals surface area contributed by atoms with Gasteiger partial charge in [0, 0.05) is 0 Å². The van der Waals surface area contributed by atoms with Gasteiger partial charge in [0.2, 0.25) is 10.0 Å². The van der Waals surface area contributed by atoms with Crippen molar-refractivity contribution in [1.82, 2.24) is 5.43 Å². The minimum Gasteiger partial charge on any atom is -0.497 e. The Hall–Kier alpha value is -2.87. The van der Waals surface area contributed by atoms with Gasteiger partial charge in [0.25, 0.3) is 5.91 Å². The molecule has 0 bridgehead atoms. The van der Waals surface area contributed by atoms with Crippen molar-refractivity contribution in [3.63, 3.8) is 0 Å². The van der Waals surface area contributed by atoms with Crippen molar-refractivity contribution in [3.8, 4) is 5.75 Å². The fourth-order valence-corrected chi connectivity index (χ4v) is 3.00. The molecular formula is C18H21N3O4S. The molecule has 0 aliphatic rings. The van der Waals surface area contributed by atoms with E-state index in [4.69, 9.17) is 4.74 Å². The fraction of sp³-hybridized carbons (Fsp3) is 0.222. The standard InChI is InChI=1S/C18H21N3O4S/c1-14-4-6-15(7-5-14)12-19-20-18(22)13-21(26(3,23)24)16-8-10-17(25-2)11-9-16/h4-12H,13H2,1-3H3,(H,20,22)/b19-12-. The van der Waals surface area contributed by atoms with Crippen LogP contribution in [0.15, 0.2) is 53.6 Å². The first-order chi connectivity index (χ1) is 12.3. The molecule has 8 heteroatoms. The van der Waals surface area contributed by atoms with Crippen LogP contribution in [0.25, 0.3) is 0 Å². The first-order valence-corrected chi connectivity index (χ1v) is 9.65. The number of hydrogen-bond acceptors (Lipinski definition) is 5. The molecule has 1 N–H and O–H groups in total. The SMILES string of the molecule is COc1ccc(N(CC(=O)N/N=C\c2ccc(C)cc2)S(C)(=O)=O)cc1. The average Bonchev–Trinajstić information content (AvgIpc) is 2.60. The van der Waals surface area contributed by atoms with Crippen molar-refractivity contribution >= 4 is 27.8 Å². The largest absolute Gasteiger partial charge is 0.497 e. The van der Waals surface area contributed by atoms with Crippen LogP contribution in [0.5, 0.6) is 5.75 Å². The number of hydrazone groups is 1.